The number of hydrogen-bond donors (Lipinski definition) is 1. The van der Waals surface area contributed by atoms with E-state index >= 15 is 0 Å². The molecule has 0 bridgehead atoms. The molecular weight excluding hydrogens is 444 g/mol. The van der Waals surface area contributed by atoms with E-state index in [0.29, 0.717) is 0 Å². The molecule has 0 fully saturated rings. The van der Waals surface area contributed by atoms with Crippen LogP contribution in [0.1, 0.15) is 23.4 Å². The molecule has 1 aromatic carbocycles. The van der Waals surface area contributed by atoms with E-state index in [-0.39, 0.29) is 6.04 Å². The molecule has 0 saturated carbocycles. The van der Waals surface area contributed by atoms with Crippen LogP contribution >= 0.6 is 61.5 Å². The van der Waals surface area contributed by atoms with Gasteiger partial charge in [0.05, 0.1) is 14.9 Å². The van der Waals surface area contributed by atoms with Crippen LogP contribution in [0, 0.1) is 3.57 Å². The zero-order valence-electron chi connectivity index (χ0n) is 9.71. The van der Waals surface area contributed by atoms with Gasteiger partial charge in [0, 0.05) is 8.45 Å². The van der Waals surface area contributed by atoms with Gasteiger partial charge in [0.15, 0.2) is 0 Å². The van der Waals surface area contributed by atoms with Crippen LogP contribution in [0.15, 0.2) is 34.1 Å². The summed E-state index contributed by atoms with van der Waals surface area (Å²) in [5.74, 6) is 0. The Morgan fingerprint density at radius 3 is 2.72 bits per heavy atom. The van der Waals surface area contributed by atoms with Crippen molar-refractivity contribution < 1.29 is 0 Å². The van der Waals surface area contributed by atoms with Gasteiger partial charge in [0.25, 0.3) is 0 Å². The molecule has 0 aliphatic rings. The summed E-state index contributed by atoms with van der Waals surface area (Å²) in [4.78, 5) is 1.23. The molecule has 5 heteroatoms. The van der Waals surface area contributed by atoms with E-state index in [0.717, 1.165) is 15.4 Å². The maximum atomic E-state index is 6.13. The molecule has 0 aliphatic carbocycles. The third-order valence-electron chi connectivity index (χ3n) is 2.57. The normalized spacial score (nSPS) is 12.7. The van der Waals surface area contributed by atoms with Crippen LogP contribution in [-0.4, -0.2) is 6.54 Å². The van der Waals surface area contributed by atoms with E-state index in [1.165, 1.54) is 14.0 Å². The minimum absolute atomic E-state index is 0.205. The van der Waals surface area contributed by atoms with Crippen molar-refractivity contribution >= 4 is 61.5 Å². The molecule has 0 spiro atoms. The van der Waals surface area contributed by atoms with Gasteiger partial charge in [-0.2, -0.15) is 0 Å². The lowest BCUT2D eigenvalue weighted by Gasteiger charge is -2.18. The highest BCUT2D eigenvalue weighted by molar-refractivity contribution is 14.1. The monoisotopic (exact) mass is 455 g/mol. The van der Waals surface area contributed by atoms with Crippen molar-refractivity contribution in [2.75, 3.05) is 6.54 Å². The zero-order chi connectivity index (χ0) is 13.1. The highest BCUT2D eigenvalue weighted by Gasteiger charge is 2.18. The summed E-state index contributed by atoms with van der Waals surface area (Å²) in [6.07, 6.45) is 0. The molecule has 0 aliphatic heterocycles. The lowest BCUT2D eigenvalue weighted by atomic mass is 10.1. The lowest BCUT2D eigenvalue weighted by Crippen LogP contribution is -2.21. The van der Waals surface area contributed by atoms with Gasteiger partial charge in [-0.25, -0.2) is 0 Å². The topological polar surface area (TPSA) is 12.0 Å². The largest absolute Gasteiger partial charge is 0.306 e. The smallest absolute Gasteiger partial charge is 0.0888 e. The first-order valence-electron chi connectivity index (χ1n) is 5.56. The lowest BCUT2D eigenvalue weighted by molar-refractivity contribution is 0.637. The highest BCUT2D eigenvalue weighted by atomic mass is 127. The summed E-state index contributed by atoms with van der Waals surface area (Å²) < 4.78 is 2.26. The second kappa shape index (κ2) is 6.70. The number of rotatable bonds is 4. The molecule has 1 heterocycles. The third kappa shape index (κ3) is 3.28. The van der Waals surface area contributed by atoms with E-state index in [4.69, 9.17) is 11.6 Å². The summed E-state index contributed by atoms with van der Waals surface area (Å²) >= 11 is 13.7. The number of halogens is 3. The molecule has 1 N–H and O–H groups in total. The van der Waals surface area contributed by atoms with E-state index < -0.39 is 0 Å². The van der Waals surface area contributed by atoms with Crippen LogP contribution in [-0.2, 0) is 0 Å². The minimum Gasteiger partial charge on any atom is -0.306 e. The molecule has 0 amide bonds. The first-order chi connectivity index (χ1) is 8.63. The molecule has 96 valence electrons. The van der Waals surface area contributed by atoms with Gasteiger partial charge in [-0.1, -0.05) is 36.7 Å². The van der Waals surface area contributed by atoms with Crippen molar-refractivity contribution in [1.29, 1.82) is 0 Å². The molecule has 1 atom stereocenters. The summed E-state index contributed by atoms with van der Waals surface area (Å²) in [6.45, 7) is 3.04. The fourth-order valence-corrected chi connectivity index (χ4v) is 4.32. The van der Waals surface area contributed by atoms with Crippen LogP contribution in [0.5, 0.6) is 0 Å². The van der Waals surface area contributed by atoms with Crippen molar-refractivity contribution in [3.8, 4) is 0 Å². The van der Waals surface area contributed by atoms with E-state index in [1.54, 1.807) is 11.3 Å². The zero-order valence-corrected chi connectivity index (χ0v) is 15.0. The Bertz CT molecular complexity index is 524. The van der Waals surface area contributed by atoms with Gasteiger partial charge >= 0.3 is 0 Å². The fourth-order valence-electron chi connectivity index (χ4n) is 1.78. The molecule has 1 aromatic heterocycles. The van der Waals surface area contributed by atoms with Gasteiger partial charge < -0.3 is 5.32 Å². The molecule has 2 rings (SSSR count). The van der Waals surface area contributed by atoms with Crippen LogP contribution < -0.4 is 5.32 Å². The number of nitrogens with one attached hydrogen (secondary N) is 1. The Morgan fingerprint density at radius 2 is 2.17 bits per heavy atom. The molecule has 0 saturated heterocycles. The van der Waals surface area contributed by atoms with Gasteiger partial charge in [-0.05, 0) is 62.8 Å². The van der Waals surface area contributed by atoms with Crippen molar-refractivity contribution in [3.05, 3.63) is 53.2 Å². The van der Waals surface area contributed by atoms with Crippen molar-refractivity contribution in [2.45, 2.75) is 13.0 Å². The summed E-state index contributed by atoms with van der Waals surface area (Å²) in [5, 5.41) is 4.30. The quantitative estimate of drug-likeness (QED) is 0.602. The predicted molar refractivity (Wildman–Crippen MR) is 91.7 cm³/mol. The standard InChI is InChI=1S/C13H12BrClINS/c1-2-17-12(8-5-3-4-6-10(8)16)11-7-9(15)13(14)18-11/h3-7,12,17H,2H2,1H3. The first kappa shape index (κ1) is 14.8. The van der Waals surface area contributed by atoms with Gasteiger partial charge in [-0.3, -0.25) is 0 Å². The Morgan fingerprint density at radius 1 is 1.44 bits per heavy atom. The maximum absolute atomic E-state index is 6.13. The Kier molecular flexibility index (Phi) is 5.50. The van der Waals surface area contributed by atoms with Crippen molar-refractivity contribution in [3.63, 3.8) is 0 Å². The Labute approximate surface area is 138 Å². The molecule has 18 heavy (non-hydrogen) atoms. The second-order valence-corrected chi connectivity index (χ2v) is 7.75. The van der Waals surface area contributed by atoms with Crippen molar-refractivity contribution in [1.82, 2.24) is 5.32 Å². The minimum atomic E-state index is 0.205. The second-order valence-electron chi connectivity index (χ2n) is 3.78. The summed E-state index contributed by atoms with van der Waals surface area (Å²) in [7, 11) is 0. The molecule has 1 unspecified atom stereocenters. The Hall–Kier alpha value is 0.380. The molecule has 0 radical (unpaired) electrons. The van der Waals surface area contributed by atoms with Crippen molar-refractivity contribution in [2.24, 2.45) is 0 Å². The van der Waals surface area contributed by atoms with Crippen LogP contribution in [0.4, 0.5) is 0 Å². The number of benzene rings is 1. The Balaban J connectivity index is 2.43. The first-order valence-corrected chi connectivity index (χ1v) is 8.62. The van der Waals surface area contributed by atoms with Gasteiger partial charge in [0.2, 0.25) is 0 Å². The van der Waals surface area contributed by atoms with Crippen LogP contribution in [0.25, 0.3) is 0 Å². The molecular formula is C13H12BrClINS. The average Bonchev–Trinajstić information content (AvgIpc) is 2.68. The molecule has 1 nitrogen and oxygen atoms in total. The SMILES string of the molecule is CCNC(c1cc(Cl)c(Br)s1)c1ccccc1I. The number of thiophene rings is 1. The predicted octanol–water partition coefficient (Wildman–Crippen LogP) is 5.47. The van der Waals surface area contributed by atoms with Gasteiger partial charge in [-0.15, -0.1) is 11.3 Å². The summed E-state index contributed by atoms with van der Waals surface area (Å²) in [5.41, 5.74) is 1.30. The maximum Gasteiger partial charge on any atom is 0.0888 e. The van der Waals surface area contributed by atoms with E-state index in [2.05, 4.69) is 75.0 Å². The average molecular weight is 457 g/mol. The molecule has 2 aromatic rings. The summed E-state index contributed by atoms with van der Waals surface area (Å²) in [6, 6.07) is 10.7. The van der Waals surface area contributed by atoms with E-state index in [1.807, 2.05) is 6.07 Å². The highest BCUT2D eigenvalue weighted by Crippen LogP contribution is 2.38. The van der Waals surface area contributed by atoms with Crippen LogP contribution in [0.2, 0.25) is 5.02 Å². The van der Waals surface area contributed by atoms with Gasteiger partial charge in [0.1, 0.15) is 0 Å². The van der Waals surface area contributed by atoms with Crippen LogP contribution in [0.3, 0.4) is 0 Å². The number of hydrogen-bond acceptors (Lipinski definition) is 2. The fraction of sp³-hybridized carbons (Fsp3) is 0.231. The third-order valence-corrected chi connectivity index (χ3v) is 6.10. The van der Waals surface area contributed by atoms with E-state index in [9.17, 15) is 0 Å².